The average Bonchev–Trinajstić information content (AvgIpc) is 2.95. The molecule has 2 aromatic rings. The topological polar surface area (TPSA) is 66.5 Å². The summed E-state index contributed by atoms with van der Waals surface area (Å²) in [5.74, 6) is 2.47. The molecular weight excluding hydrogens is 398 g/mol. The summed E-state index contributed by atoms with van der Waals surface area (Å²) in [4.78, 5) is 15.3. The zero-order chi connectivity index (χ0) is 21.8. The Bertz CT molecular complexity index is 912. The van der Waals surface area contributed by atoms with Crippen LogP contribution in [0.5, 0.6) is 23.0 Å². The molecule has 0 saturated carbocycles. The molecule has 2 heterocycles. The van der Waals surface area contributed by atoms with Gasteiger partial charge in [0.05, 0.1) is 47.5 Å². The second-order valence-corrected chi connectivity index (χ2v) is 7.97. The van der Waals surface area contributed by atoms with Crippen LogP contribution in [0.15, 0.2) is 36.4 Å². The van der Waals surface area contributed by atoms with Gasteiger partial charge in [-0.2, -0.15) is 0 Å². The Labute approximate surface area is 182 Å². The standard InChI is InChI=1S/C24H29NO6/c1-27-20-12-17(13-21(28-2)23(20)29-3)14-22(26)25-15-18-6-4-5-7-19(18)31-24(16-25)8-10-30-11-9-24/h4-7,12-13H,8-11,14-16H2,1-3H3. The van der Waals surface area contributed by atoms with Crippen molar-refractivity contribution in [2.24, 2.45) is 0 Å². The van der Waals surface area contributed by atoms with E-state index in [1.54, 1.807) is 21.3 Å². The number of para-hydroxylation sites is 1. The van der Waals surface area contributed by atoms with Gasteiger partial charge in [-0.05, 0) is 23.8 Å². The second kappa shape index (κ2) is 9.06. The lowest BCUT2D eigenvalue weighted by Crippen LogP contribution is -2.51. The summed E-state index contributed by atoms with van der Waals surface area (Å²) in [5, 5.41) is 0. The summed E-state index contributed by atoms with van der Waals surface area (Å²) >= 11 is 0. The van der Waals surface area contributed by atoms with Crippen LogP contribution in [0, 0.1) is 0 Å². The van der Waals surface area contributed by atoms with E-state index in [0.717, 1.165) is 29.7 Å². The van der Waals surface area contributed by atoms with Crippen LogP contribution in [-0.4, -0.2) is 57.5 Å². The fourth-order valence-corrected chi connectivity index (χ4v) is 4.31. The number of hydrogen-bond acceptors (Lipinski definition) is 6. The molecule has 1 amide bonds. The second-order valence-electron chi connectivity index (χ2n) is 7.97. The third-order valence-electron chi connectivity index (χ3n) is 5.98. The third-order valence-corrected chi connectivity index (χ3v) is 5.98. The van der Waals surface area contributed by atoms with Crippen LogP contribution in [-0.2, 0) is 22.5 Å². The predicted octanol–water partition coefficient (Wildman–Crippen LogP) is 3.23. The van der Waals surface area contributed by atoms with Gasteiger partial charge in [0.25, 0.3) is 0 Å². The number of nitrogens with zero attached hydrogens (tertiary/aromatic N) is 1. The maximum atomic E-state index is 13.4. The van der Waals surface area contributed by atoms with Gasteiger partial charge in [0.2, 0.25) is 11.7 Å². The highest BCUT2D eigenvalue weighted by atomic mass is 16.5. The van der Waals surface area contributed by atoms with Crippen molar-refractivity contribution in [1.82, 2.24) is 4.90 Å². The highest BCUT2D eigenvalue weighted by Crippen LogP contribution is 2.39. The highest BCUT2D eigenvalue weighted by molar-refractivity contribution is 5.79. The summed E-state index contributed by atoms with van der Waals surface area (Å²) in [5.41, 5.74) is 1.40. The number of carbonyl (C=O) groups is 1. The molecule has 1 fully saturated rings. The molecule has 0 N–H and O–H groups in total. The van der Waals surface area contributed by atoms with Crippen LogP contribution < -0.4 is 18.9 Å². The molecule has 2 aromatic carbocycles. The van der Waals surface area contributed by atoms with Crippen LogP contribution in [0.1, 0.15) is 24.0 Å². The molecule has 2 aliphatic rings. The molecule has 166 valence electrons. The van der Waals surface area contributed by atoms with Crippen molar-refractivity contribution in [2.45, 2.75) is 31.4 Å². The number of hydrogen-bond donors (Lipinski definition) is 0. The van der Waals surface area contributed by atoms with Crippen LogP contribution >= 0.6 is 0 Å². The first-order chi connectivity index (χ1) is 15.1. The fourth-order valence-electron chi connectivity index (χ4n) is 4.31. The smallest absolute Gasteiger partial charge is 0.227 e. The molecule has 0 aliphatic carbocycles. The minimum atomic E-state index is -0.421. The van der Waals surface area contributed by atoms with E-state index in [0.29, 0.717) is 43.6 Å². The minimum absolute atomic E-state index is 0.0282. The number of methoxy groups -OCH3 is 3. The molecule has 0 aromatic heterocycles. The van der Waals surface area contributed by atoms with Gasteiger partial charge in [0.15, 0.2) is 11.5 Å². The summed E-state index contributed by atoms with van der Waals surface area (Å²) in [6.07, 6.45) is 1.75. The van der Waals surface area contributed by atoms with E-state index in [1.165, 1.54) is 0 Å². The van der Waals surface area contributed by atoms with Crippen LogP contribution in [0.3, 0.4) is 0 Å². The van der Waals surface area contributed by atoms with Crippen LogP contribution in [0.4, 0.5) is 0 Å². The zero-order valence-corrected chi connectivity index (χ0v) is 18.3. The van der Waals surface area contributed by atoms with Gasteiger partial charge in [0.1, 0.15) is 11.4 Å². The normalized spacial score (nSPS) is 17.3. The third kappa shape index (κ3) is 4.42. The molecule has 0 unspecified atom stereocenters. The minimum Gasteiger partial charge on any atom is -0.493 e. The molecule has 0 radical (unpaired) electrons. The SMILES string of the molecule is COc1cc(CC(=O)N2Cc3ccccc3OC3(CCOCC3)C2)cc(OC)c1OC. The summed E-state index contributed by atoms with van der Waals surface area (Å²) < 4.78 is 28.3. The first-order valence-corrected chi connectivity index (χ1v) is 10.5. The lowest BCUT2D eigenvalue weighted by molar-refractivity contribution is -0.135. The number of carbonyl (C=O) groups excluding carboxylic acids is 1. The van der Waals surface area contributed by atoms with Gasteiger partial charge in [0, 0.05) is 24.9 Å². The first kappa shape index (κ1) is 21.3. The number of benzene rings is 2. The molecule has 31 heavy (non-hydrogen) atoms. The number of fused-ring (bicyclic) bond motifs is 1. The Morgan fingerprint density at radius 3 is 2.35 bits per heavy atom. The molecule has 2 aliphatic heterocycles. The quantitative estimate of drug-likeness (QED) is 0.730. The Hall–Kier alpha value is -2.93. The predicted molar refractivity (Wildman–Crippen MR) is 115 cm³/mol. The molecule has 0 atom stereocenters. The lowest BCUT2D eigenvalue weighted by atomic mass is 9.93. The Balaban J connectivity index is 1.61. The zero-order valence-electron chi connectivity index (χ0n) is 18.3. The van der Waals surface area contributed by atoms with Gasteiger partial charge < -0.3 is 28.6 Å². The van der Waals surface area contributed by atoms with Crippen molar-refractivity contribution < 1.29 is 28.5 Å². The summed E-state index contributed by atoms with van der Waals surface area (Å²) in [7, 11) is 4.70. The maximum Gasteiger partial charge on any atom is 0.227 e. The molecule has 1 spiro atoms. The van der Waals surface area contributed by atoms with Crippen molar-refractivity contribution in [3.63, 3.8) is 0 Å². The van der Waals surface area contributed by atoms with E-state index in [4.69, 9.17) is 23.7 Å². The Morgan fingerprint density at radius 2 is 1.71 bits per heavy atom. The molecule has 0 bridgehead atoms. The van der Waals surface area contributed by atoms with Gasteiger partial charge in [-0.25, -0.2) is 0 Å². The van der Waals surface area contributed by atoms with Crippen molar-refractivity contribution in [3.8, 4) is 23.0 Å². The van der Waals surface area contributed by atoms with Gasteiger partial charge in [-0.1, -0.05) is 18.2 Å². The van der Waals surface area contributed by atoms with Crippen molar-refractivity contribution in [2.75, 3.05) is 41.1 Å². The number of rotatable bonds is 5. The average molecular weight is 427 g/mol. The fraction of sp³-hybridized carbons (Fsp3) is 0.458. The lowest BCUT2D eigenvalue weighted by Gasteiger charge is -2.39. The van der Waals surface area contributed by atoms with E-state index >= 15 is 0 Å². The van der Waals surface area contributed by atoms with E-state index in [2.05, 4.69) is 0 Å². The van der Waals surface area contributed by atoms with E-state index in [1.807, 2.05) is 41.3 Å². The molecule has 7 heteroatoms. The number of amides is 1. The molecule has 4 rings (SSSR count). The summed E-state index contributed by atoms with van der Waals surface area (Å²) in [6.45, 7) is 2.32. The summed E-state index contributed by atoms with van der Waals surface area (Å²) in [6, 6.07) is 11.6. The van der Waals surface area contributed by atoms with Crippen LogP contribution in [0.25, 0.3) is 0 Å². The largest absolute Gasteiger partial charge is 0.493 e. The van der Waals surface area contributed by atoms with Gasteiger partial charge >= 0.3 is 0 Å². The molecule has 1 saturated heterocycles. The number of ether oxygens (including phenoxy) is 5. The maximum absolute atomic E-state index is 13.4. The van der Waals surface area contributed by atoms with Crippen LogP contribution in [0.2, 0.25) is 0 Å². The monoisotopic (exact) mass is 427 g/mol. The molecule has 7 nitrogen and oxygen atoms in total. The highest BCUT2D eigenvalue weighted by Gasteiger charge is 2.40. The van der Waals surface area contributed by atoms with E-state index in [9.17, 15) is 4.79 Å². The van der Waals surface area contributed by atoms with Crippen molar-refractivity contribution >= 4 is 5.91 Å². The molecular formula is C24H29NO6. The Morgan fingerprint density at radius 1 is 1.03 bits per heavy atom. The van der Waals surface area contributed by atoms with E-state index < -0.39 is 5.60 Å². The van der Waals surface area contributed by atoms with Crippen molar-refractivity contribution in [3.05, 3.63) is 47.5 Å². The van der Waals surface area contributed by atoms with Crippen molar-refractivity contribution in [1.29, 1.82) is 0 Å². The van der Waals surface area contributed by atoms with E-state index in [-0.39, 0.29) is 12.3 Å². The first-order valence-electron chi connectivity index (χ1n) is 10.5. The van der Waals surface area contributed by atoms with Gasteiger partial charge in [-0.3, -0.25) is 4.79 Å². The van der Waals surface area contributed by atoms with Gasteiger partial charge in [-0.15, -0.1) is 0 Å². The Kier molecular flexibility index (Phi) is 6.23.